The Hall–Kier alpha value is -1.07. The van der Waals surface area contributed by atoms with Gasteiger partial charge in [-0.2, -0.15) is 0 Å². The van der Waals surface area contributed by atoms with Crippen molar-refractivity contribution in [2.45, 2.75) is 42.4 Å². The minimum absolute atomic E-state index is 0.257. The van der Waals surface area contributed by atoms with Gasteiger partial charge >= 0.3 is 0 Å². The van der Waals surface area contributed by atoms with Gasteiger partial charge in [0.2, 0.25) is 0 Å². The summed E-state index contributed by atoms with van der Waals surface area (Å²) in [4.78, 5) is 0.257. The number of ether oxygens (including phenoxy) is 1. The number of benzene rings is 1. The minimum atomic E-state index is -3.44. The first-order valence-electron chi connectivity index (χ1n) is 6.59. The third kappa shape index (κ3) is 2.77. The molecule has 3 unspecified atom stereocenters. The number of nitrogens with two attached hydrogens (primary N) is 1. The van der Waals surface area contributed by atoms with Gasteiger partial charge in [-0.05, 0) is 37.3 Å². The number of rotatable bonds is 3. The van der Waals surface area contributed by atoms with Crippen LogP contribution in [-0.2, 0) is 9.84 Å². The lowest BCUT2D eigenvalue weighted by Crippen LogP contribution is -2.44. The van der Waals surface area contributed by atoms with E-state index >= 15 is 0 Å². The van der Waals surface area contributed by atoms with Crippen molar-refractivity contribution in [1.29, 1.82) is 0 Å². The van der Waals surface area contributed by atoms with E-state index in [-0.39, 0.29) is 10.9 Å². The van der Waals surface area contributed by atoms with E-state index in [9.17, 15) is 8.42 Å². The Morgan fingerprint density at radius 2 is 1.95 bits per heavy atom. The summed E-state index contributed by atoms with van der Waals surface area (Å²) in [5.41, 5.74) is 6.04. The fraction of sp³-hybridized carbons (Fsp3) is 0.571. The van der Waals surface area contributed by atoms with Crippen molar-refractivity contribution in [3.63, 3.8) is 0 Å². The Labute approximate surface area is 114 Å². The van der Waals surface area contributed by atoms with Crippen molar-refractivity contribution in [3.8, 4) is 5.75 Å². The van der Waals surface area contributed by atoms with Crippen molar-refractivity contribution >= 4 is 9.84 Å². The molecule has 0 amide bonds. The zero-order valence-corrected chi connectivity index (χ0v) is 12.2. The maximum Gasteiger partial charge on any atom is 0.186 e. The van der Waals surface area contributed by atoms with E-state index in [0.717, 1.165) is 12.8 Å². The second kappa shape index (κ2) is 5.51. The molecule has 3 atom stereocenters. The Morgan fingerprint density at radius 3 is 2.63 bits per heavy atom. The molecule has 106 valence electrons. The lowest BCUT2D eigenvalue weighted by molar-refractivity contribution is 0.345. The zero-order chi connectivity index (χ0) is 14.0. The summed E-state index contributed by atoms with van der Waals surface area (Å²) in [6.45, 7) is 2.08. The maximum absolute atomic E-state index is 12.8. The highest BCUT2D eigenvalue weighted by Crippen LogP contribution is 2.34. The molecule has 5 heteroatoms. The molecule has 0 bridgehead atoms. The van der Waals surface area contributed by atoms with Gasteiger partial charge < -0.3 is 10.5 Å². The van der Waals surface area contributed by atoms with Crippen LogP contribution in [0.25, 0.3) is 0 Å². The van der Waals surface area contributed by atoms with Crippen LogP contribution in [0.5, 0.6) is 5.75 Å². The molecule has 0 saturated heterocycles. The maximum atomic E-state index is 12.8. The van der Waals surface area contributed by atoms with Crippen LogP contribution in [0.2, 0.25) is 0 Å². The van der Waals surface area contributed by atoms with Crippen LogP contribution in [0.4, 0.5) is 0 Å². The van der Waals surface area contributed by atoms with Crippen molar-refractivity contribution in [3.05, 3.63) is 24.3 Å². The molecule has 2 rings (SSSR count). The molecule has 4 nitrogen and oxygen atoms in total. The van der Waals surface area contributed by atoms with Gasteiger partial charge in [-0.15, -0.1) is 0 Å². The normalized spacial score (nSPS) is 28.1. The summed E-state index contributed by atoms with van der Waals surface area (Å²) >= 11 is 0. The molecule has 19 heavy (non-hydrogen) atoms. The molecule has 0 aliphatic heterocycles. The number of hydrogen-bond acceptors (Lipinski definition) is 4. The molecule has 0 heterocycles. The predicted molar refractivity (Wildman–Crippen MR) is 75.0 cm³/mol. The van der Waals surface area contributed by atoms with E-state index in [2.05, 4.69) is 6.92 Å². The van der Waals surface area contributed by atoms with Crippen LogP contribution in [0.15, 0.2) is 29.2 Å². The highest BCUT2D eigenvalue weighted by Gasteiger charge is 2.38. The van der Waals surface area contributed by atoms with Crippen molar-refractivity contribution < 1.29 is 13.2 Å². The molecule has 1 fully saturated rings. The first-order valence-corrected chi connectivity index (χ1v) is 8.14. The molecule has 1 aromatic rings. The third-order valence-corrected chi connectivity index (χ3v) is 6.17. The van der Waals surface area contributed by atoms with Gasteiger partial charge in [-0.1, -0.05) is 19.1 Å². The SMILES string of the molecule is COc1ccccc1S(=O)(=O)C1CC(C)CCC1N. The third-order valence-electron chi connectivity index (χ3n) is 3.88. The van der Waals surface area contributed by atoms with Gasteiger partial charge in [0.1, 0.15) is 10.6 Å². The van der Waals surface area contributed by atoms with Crippen LogP contribution < -0.4 is 10.5 Å². The van der Waals surface area contributed by atoms with E-state index < -0.39 is 15.1 Å². The van der Waals surface area contributed by atoms with Crippen LogP contribution in [0.1, 0.15) is 26.2 Å². The molecule has 1 saturated carbocycles. The molecule has 0 aromatic heterocycles. The molecule has 1 aliphatic carbocycles. The summed E-state index contributed by atoms with van der Waals surface area (Å²) in [6.07, 6.45) is 2.39. The molecule has 0 spiro atoms. The number of methoxy groups -OCH3 is 1. The van der Waals surface area contributed by atoms with Gasteiger partial charge in [0.25, 0.3) is 0 Å². The van der Waals surface area contributed by atoms with Gasteiger partial charge in [0.05, 0.1) is 12.4 Å². The van der Waals surface area contributed by atoms with E-state index in [1.54, 1.807) is 24.3 Å². The quantitative estimate of drug-likeness (QED) is 0.921. The minimum Gasteiger partial charge on any atom is -0.495 e. The Bertz CT molecular complexity index is 541. The van der Waals surface area contributed by atoms with E-state index in [1.807, 2.05) is 0 Å². The average molecular weight is 283 g/mol. The van der Waals surface area contributed by atoms with Gasteiger partial charge in [0.15, 0.2) is 9.84 Å². The highest BCUT2D eigenvalue weighted by atomic mass is 32.2. The van der Waals surface area contributed by atoms with Crippen LogP contribution in [0.3, 0.4) is 0 Å². The van der Waals surface area contributed by atoms with Crippen LogP contribution in [0, 0.1) is 5.92 Å². The second-order valence-electron chi connectivity index (χ2n) is 5.32. The van der Waals surface area contributed by atoms with E-state index in [1.165, 1.54) is 7.11 Å². The highest BCUT2D eigenvalue weighted by molar-refractivity contribution is 7.92. The summed E-state index contributed by atoms with van der Waals surface area (Å²) in [5, 5.41) is -0.507. The van der Waals surface area contributed by atoms with Crippen LogP contribution >= 0.6 is 0 Å². The molecular formula is C14H21NO3S. The first kappa shape index (κ1) is 14.3. The van der Waals surface area contributed by atoms with E-state index in [4.69, 9.17) is 10.5 Å². The summed E-state index contributed by atoms with van der Waals surface area (Å²) in [7, 11) is -1.95. The number of para-hydroxylation sites is 1. The predicted octanol–water partition coefficient (Wildman–Crippen LogP) is 1.98. The Morgan fingerprint density at radius 1 is 1.26 bits per heavy atom. The second-order valence-corrected chi connectivity index (χ2v) is 7.45. The Balaban J connectivity index is 2.41. The lowest BCUT2D eigenvalue weighted by atomic mass is 9.87. The molecule has 1 aromatic carbocycles. The Kier molecular flexibility index (Phi) is 4.16. The standard InChI is InChI=1S/C14H21NO3S/c1-10-7-8-11(15)14(9-10)19(16,17)13-6-4-3-5-12(13)18-2/h3-6,10-11,14H,7-9,15H2,1-2H3. The topological polar surface area (TPSA) is 69.4 Å². The lowest BCUT2D eigenvalue weighted by Gasteiger charge is -2.32. The number of hydrogen-bond donors (Lipinski definition) is 1. The molecule has 1 aliphatic rings. The van der Waals surface area contributed by atoms with Crippen LogP contribution in [-0.4, -0.2) is 26.8 Å². The fourth-order valence-electron chi connectivity index (χ4n) is 2.73. The molecule has 0 radical (unpaired) electrons. The largest absolute Gasteiger partial charge is 0.495 e. The molecule has 2 N–H and O–H groups in total. The van der Waals surface area contributed by atoms with Crippen molar-refractivity contribution in [2.75, 3.05) is 7.11 Å². The summed E-state index contributed by atoms with van der Waals surface area (Å²) in [6, 6.07) is 6.46. The summed E-state index contributed by atoms with van der Waals surface area (Å²) < 4.78 is 30.7. The fourth-order valence-corrected chi connectivity index (χ4v) is 4.93. The molecular weight excluding hydrogens is 262 g/mol. The van der Waals surface area contributed by atoms with Gasteiger partial charge in [-0.3, -0.25) is 0 Å². The van der Waals surface area contributed by atoms with Gasteiger partial charge in [-0.25, -0.2) is 8.42 Å². The summed E-state index contributed by atoms with van der Waals surface area (Å²) in [5.74, 6) is 0.794. The monoisotopic (exact) mass is 283 g/mol. The average Bonchev–Trinajstić information content (AvgIpc) is 2.41. The van der Waals surface area contributed by atoms with Crippen molar-refractivity contribution in [2.24, 2.45) is 11.7 Å². The number of sulfone groups is 1. The zero-order valence-electron chi connectivity index (χ0n) is 11.4. The smallest absolute Gasteiger partial charge is 0.186 e. The van der Waals surface area contributed by atoms with E-state index in [0.29, 0.717) is 18.1 Å². The van der Waals surface area contributed by atoms with Crippen molar-refractivity contribution in [1.82, 2.24) is 0 Å². The first-order chi connectivity index (χ1) is 8.96. The van der Waals surface area contributed by atoms with Gasteiger partial charge in [0, 0.05) is 6.04 Å².